The summed E-state index contributed by atoms with van der Waals surface area (Å²) >= 11 is 4.54. The Morgan fingerprint density at radius 1 is 0.889 bits per heavy atom. The van der Waals surface area contributed by atoms with Crippen LogP contribution in [0.2, 0.25) is 0 Å². The molecule has 1 aromatic carbocycles. The molecule has 0 fully saturated rings. The Balaban J connectivity index is 0. The van der Waals surface area contributed by atoms with Crippen molar-refractivity contribution < 1.29 is 15.5 Å². The summed E-state index contributed by atoms with van der Waals surface area (Å²) in [7, 11) is 0. The summed E-state index contributed by atoms with van der Waals surface area (Å²) in [5.41, 5.74) is 0. The van der Waals surface area contributed by atoms with E-state index in [0.717, 1.165) is 4.53 Å². The van der Waals surface area contributed by atoms with Crippen LogP contribution in [0.3, 0.4) is 0 Å². The van der Waals surface area contributed by atoms with Crippen LogP contribution in [0.25, 0.3) is 0 Å². The molecule has 0 aliphatic heterocycles. The molecule has 1 aromatic rings. The Morgan fingerprint density at radius 3 is 1.56 bits per heavy atom. The first-order chi connectivity index (χ1) is 3.39. The number of benzene rings is 1. The molecule has 55 valence electrons. The standard InChI is InChI=1S/C6H5.2H3N.Ni/c1-2-4-6-5-3-1;;;/h1-5H;2*1H3;. The van der Waals surface area contributed by atoms with Crippen LogP contribution in [-0.4, -0.2) is 0 Å². The summed E-state index contributed by atoms with van der Waals surface area (Å²) in [6, 6.07) is 9.68. The minimum atomic E-state index is 0. The summed E-state index contributed by atoms with van der Waals surface area (Å²) < 4.78 is 0.947. The van der Waals surface area contributed by atoms with Gasteiger partial charge in [0.1, 0.15) is 0 Å². The van der Waals surface area contributed by atoms with Crippen LogP contribution in [0.15, 0.2) is 30.3 Å². The maximum atomic E-state index is 4.54. The first kappa shape index (κ1) is 11.4. The van der Waals surface area contributed by atoms with Gasteiger partial charge in [-0.25, -0.2) is 0 Å². The number of hydrogen-bond donors (Lipinski definition) is 2. The van der Waals surface area contributed by atoms with Gasteiger partial charge < -0.3 is 12.3 Å². The van der Waals surface area contributed by atoms with Crippen LogP contribution < -0.4 is 16.8 Å². The van der Waals surface area contributed by atoms with Gasteiger partial charge in [-0.3, -0.25) is 0 Å². The van der Waals surface area contributed by atoms with E-state index < -0.39 is 0 Å². The van der Waals surface area contributed by atoms with E-state index >= 15 is 0 Å². The average Bonchev–Trinajstić information content (AvgIpc) is 1.69. The second-order valence-electron chi connectivity index (χ2n) is 1.26. The van der Waals surface area contributed by atoms with E-state index in [2.05, 4.69) is 15.5 Å². The van der Waals surface area contributed by atoms with Gasteiger partial charge in [0.25, 0.3) is 0 Å². The van der Waals surface area contributed by atoms with Crippen molar-refractivity contribution in [3.05, 3.63) is 30.3 Å². The molecule has 3 heteroatoms. The fourth-order valence-corrected chi connectivity index (χ4v) is 0.593. The van der Waals surface area contributed by atoms with Gasteiger partial charge in [0.15, 0.2) is 0 Å². The first-order valence-corrected chi connectivity index (χ1v) is 2.56. The van der Waals surface area contributed by atoms with Gasteiger partial charge in [0.05, 0.1) is 0 Å². The second kappa shape index (κ2) is 5.76. The summed E-state index contributed by atoms with van der Waals surface area (Å²) in [6.07, 6.45) is 0. The van der Waals surface area contributed by atoms with Crippen molar-refractivity contribution in [1.82, 2.24) is 12.3 Å². The molecular formula is C6H11N2Ni. The van der Waals surface area contributed by atoms with Crippen molar-refractivity contribution in [3.8, 4) is 0 Å². The summed E-state index contributed by atoms with van der Waals surface area (Å²) in [5, 5.41) is 0. The fraction of sp³-hybridized carbons (Fsp3) is 0. The van der Waals surface area contributed by atoms with Crippen LogP contribution >= 0.6 is 0 Å². The van der Waals surface area contributed by atoms with Gasteiger partial charge in [-0.05, 0) is 0 Å². The minimum absolute atomic E-state index is 0. The topological polar surface area (TPSA) is 70.0 Å². The maximum absolute atomic E-state index is 4.54. The molecule has 0 saturated carbocycles. The Hall–Kier alpha value is -0.366. The molecule has 0 heterocycles. The molecule has 0 amide bonds. The zero-order valence-corrected chi connectivity index (χ0v) is 6.10. The molecule has 0 radical (unpaired) electrons. The van der Waals surface area contributed by atoms with Crippen molar-refractivity contribution >= 4 is 4.53 Å². The van der Waals surface area contributed by atoms with Gasteiger partial charge in [-0.15, -0.1) is 0 Å². The second-order valence-corrected chi connectivity index (χ2v) is 1.83. The van der Waals surface area contributed by atoms with Crippen LogP contribution in [0.5, 0.6) is 0 Å². The summed E-state index contributed by atoms with van der Waals surface area (Å²) in [6.45, 7) is 0. The van der Waals surface area contributed by atoms with Gasteiger partial charge in [0, 0.05) is 0 Å². The Morgan fingerprint density at radius 2 is 1.33 bits per heavy atom. The predicted molar refractivity (Wildman–Crippen MR) is 36.1 cm³/mol. The SMILES string of the molecule is N.N.[Ni][c]1ccccc1. The van der Waals surface area contributed by atoms with Crippen LogP contribution in [0.4, 0.5) is 0 Å². The van der Waals surface area contributed by atoms with Gasteiger partial charge in [0.2, 0.25) is 0 Å². The molecule has 0 atom stereocenters. The molecule has 0 unspecified atom stereocenters. The Bertz CT molecular complexity index is 141. The molecule has 2 nitrogen and oxygen atoms in total. The van der Waals surface area contributed by atoms with E-state index in [1.807, 2.05) is 30.3 Å². The summed E-state index contributed by atoms with van der Waals surface area (Å²) in [5.74, 6) is 0. The van der Waals surface area contributed by atoms with E-state index in [9.17, 15) is 0 Å². The van der Waals surface area contributed by atoms with Crippen molar-refractivity contribution in [2.45, 2.75) is 0 Å². The average molecular weight is 170 g/mol. The number of rotatable bonds is 0. The normalized spacial score (nSPS) is 6.89. The predicted octanol–water partition coefficient (Wildman–Crippen LogP) is 1.18. The molecule has 1 rings (SSSR count). The molecular weight excluding hydrogens is 159 g/mol. The van der Waals surface area contributed by atoms with E-state index in [1.165, 1.54) is 0 Å². The van der Waals surface area contributed by atoms with Gasteiger partial charge >= 0.3 is 50.3 Å². The van der Waals surface area contributed by atoms with Crippen molar-refractivity contribution in [3.63, 3.8) is 0 Å². The van der Waals surface area contributed by atoms with Crippen LogP contribution in [0, 0.1) is 0 Å². The molecule has 9 heavy (non-hydrogen) atoms. The first-order valence-electron chi connectivity index (χ1n) is 2.07. The van der Waals surface area contributed by atoms with Gasteiger partial charge in [-0.2, -0.15) is 0 Å². The van der Waals surface area contributed by atoms with Crippen LogP contribution in [-0.2, 0) is 15.5 Å². The summed E-state index contributed by atoms with van der Waals surface area (Å²) in [4.78, 5) is 0. The Kier molecular flexibility index (Phi) is 7.32. The van der Waals surface area contributed by atoms with E-state index in [-0.39, 0.29) is 12.3 Å². The zero-order valence-electron chi connectivity index (χ0n) is 5.12. The third-order valence-electron chi connectivity index (χ3n) is 0.713. The molecule has 0 aliphatic carbocycles. The molecule has 0 saturated heterocycles. The third-order valence-corrected chi connectivity index (χ3v) is 1.04. The van der Waals surface area contributed by atoms with Crippen LogP contribution in [0.1, 0.15) is 0 Å². The molecule has 6 N–H and O–H groups in total. The van der Waals surface area contributed by atoms with E-state index in [4.69, 9.17) is 0 Å². The molecule has 0 bridgehead atoms. The van der Waals surface area contributed by atoms with Crippen molar-refractivity contribution in [2.75, 3.05) is 0 Å². The fourth-order valence-electron chi connectivity index (χ4n) is 0.403. The van der Waals surface area contributed by atoms with Crippen molar-refractivity contribution in [1.29, 1.82) is 0 Å². The quantitative estimate of drug-likeness (QED) is 0.573. The molecule has 0 aliphatic rings. The van der Waals surface area contributed by atoms with Crippen molar-refractivity contribution in [2.24, 2.45) is 0 Å². The third kappa shape index (κ3) is 4.16. The molecule has 0 aromatic heterocycles. The van der Waals surface area contributed by atoms with Gasteiger partial charge in [-0.1, -0.05) is 0 Å². The zero-order chi connectivity index (χ0) is 5.11. The Labute approximate surface area is 63.2 Å². The monoisotopic (exact) mass is 169 g/mol. The number of hydrogen-bond acceptors (Lipinski definition) is 2. The molecule has 0 spiro atoms. The van der Waals surface area contributed by atoms with E-state index in [1.54, 1.807) is 0 Å². The van der Waals surface area contributed by atoms with E-state index in [0.29, 0.717) is 0 Å².